The van der Waals surface area contributed by atoms with Crippen molar-refractivity contribution < 1.29 is 13.9 Å². The summed E-state index contributed by atoms with van der Waals surface area (Å²) >= 11 is 0. The van der Waals surface area contributed by atoms with Gasteiger partial charge in [0.15, 0.2) is 0 Å². The van der Waals surface area contributed by atoms with Gasteiger partial charge in [0.25, 0.3) is 0 Å². The molecule has 4 nitrogen and oxygen atoms in total. The van der Waals surface area contributed by atoms with E-state index in [9.17, 15) is 9.18 Å². The molecule has 0 radical (unpaired) electrons. The third-order valence-corrected chi connectivity index (χ3v) is 4.01. The Morgan fingerprint density at radius 1 is 0.852 bits per heavy atom. The second-order valence-electron chi connectivity index (χ2n) is 5.96. The lowest BCUT2D eigenvalue weighted by Gasteiger charge is -2.20. The van der Waals surface area contributed by atoms with Crippen molar-refractivity contribution in [1.29, 1.82) is 0 Å². The summed E-state index contributed by atoms with van der Waals surface area (Å²) in [5.74, 6) is 0.248. The molecule has 0 saturated carbocycles. The van der Waals surface area contributed by atoms with Gasteiger partial charge < -0.3 is 15.4 Å². The van der Waals surface area contributed by atoms with Crippen molar-refractivity contribution in [1.82, 2.24) is 10.6 Å². The summed E-state index contributed by atoms with van der Waals surface area (Å²) in [5.41, 5.74) is 2.00. The molecule has 2 amide bonds. The van der Waals surface area contributed by atoms with Crippen LogP contribution >= 0.6 is 0 Å². The average molecular weight is 364 g/mol. The van der Waals surface area contributed by atoms with Crippen LogP contribution < -0.4 is 15.4 Å². The lowest BCUT2D eigenvalue weighted by atomic mass is 9.99. The van der Waals surface area contributed by atoms with Gasteiger partial charge >= 0.3 is 6.03 Å². The van der Waals surface area contributed by atoms with E-state index >= 15 is 0 Å². The number of rotatable bonds is 7. The number of halogens is 1. The number of hydrogen-bond acceptors (Lipinski definition) is 2. The molecule has 0 bridgehead atoms. The van der Waals surface area contributed by atoms with Crippen LogP contribution in [0.15, 0.2) is 84.9 Å². The highest BCUT2D eigenvalue weighted by Crippen LogP contribution is 2.21. The molecule has 138 valence electrons. The first-order valence-electron chi connectivity index (χ1n) is 8.75. The molecule has 3 aromatic rings. The van der Waals surface area contributed by atoms with Gasteiger partial charge in [0.2, 0.25) is 0 Å². The summed E-state index contributed by atoms with van der Waals surface area (Å²) < 4.78 is 18.3. The maximum atomic E-state index is 12.9. The molecule has 0 aromatic heterocycles. The van der Waals surface area contributed by atoms with E-state index < -0.39 is 0 Å². The van der Waals surface area contributed by atoms with E-state index in [4.69, 9.17) is 4.74 Å². The van der Waals surface area contributed by atoms with Gasteiger partial charge in [-0.1, -0.05) is 60.7 Å². The Bertz CT molecular complexity index is 800. The van der Waals surface area contributed by atoms with Gasteiger partial charge in [-0.3, -0.25) is 0 Å². The van der Waals surface area contributed by atoms with E-state index in [0.29, 0.717) is 18.9 Å². The highest BCUT2D eigenvalue weighted by molar-refractivity contribution is 5.75. The summed E-state index contributed by atoms with van der Waals surface area (Å²) in [4.78, 5) is 12.3. The molecule has 5 heteroatoms. The van der Waals surface area contributed by atoms with Crippen molar-refractivity contribution >= 4 is 6.03 Å². The van der Waals surface area contributed by atoms with Gasteiger partial charge in [-0.15, -0.1) is 0 Å². The number of nitrogens with one attached hydrogen (secondary N) is 2. The van der Waals surface area contributed by atoms with E-state index in [1.54, 1.807) is 12.1 Å². The number of hydrogen-bond donors (Lipinski definition) is 2. The molecular formula is C22H21FN2O2. The zero-order valence-corrected chi connectivity index (χ0v) is 14.8. The van der Waals surface area contributed by atoms with Crippen LogP contribution in [0.3, 0.4) is 0 Å². The average Bonchev–Trinajstić information content (AvgIpc) is 2.72. The summed E-state index contributed by atoms with van der Waals surface area (Å²) in [6.45, 7) is 0.625. The molecule has 0 unspecified atom stereocenters. The monoisotopic (exact) mass is 364 g/mol. The van der Waals surface area contributed by atoms with Crippen LogP contribution in [0.4, 0.5) is 9.18 Å². The van der Waals surface area contributed by atoms with Crippen molar-refractivity contribution in [3.8, 4) is 5.75 Å². The van der Waals surface area contributed by atoms with E-state index in [2.05, 4.69) is 10.6 Å². The molecule has 0 saturated heterocycles. The number of urea groups is 1. The molecule has 0 heterocycles. The first-order chi connectivity index (χ1) is 13.2. The molecule has 27 heavy (non-hydrogen) atoms. The van der Waals surface area contributed by atoms with Crippen LogP contribution in [0.1, 0.15) is 17.2 Å². The number of benzene rings is 3. The molecule has 2 N–H and O–H groups in total. The Labute approximate surface area is 158 Å². The highest BCUT2D eigenvalue weighted by atomic mass is 19.1. The Kier molecular flexibility index (Phi) is 6.41. The van der Waals surface area contributed by atoms with Crippen LogP contribution in [0, 0.1) is 5.82 Å². The maximum absolute atomic E-state index is 12.9. The van der Waals surface area contributed by atoms with Crippen molar-refractivity contribution in [2.45, 2.75) is 6.04 Å². The molecular weight excluding hydrogens is 343 g/mol. The number of carbonyl (C=O) groups excluding carboxylic acids is 1. The third-order valence-electron chi connectivity index (χ3n) is 4.01. The van der Waals surface area contributed by atoms with E-state index in [1.165, 1.54) is 12.1 Å². The number of amides is 2. The SMILES string of the molecule is O=C(NCCOc1ccc(F)cc1)NC(c1ccccc1)c1ccccc1. The Balaban J connectivity index is 1.54. The lowest BCUT2D eigenvalue weighted by molar-refractivity contribution is 0.234. The zero-order valence-electron chi connectivity index (χ0n) is 14.8. The van der Waals surface area contributed by atoms with Gasteiger partial charge in [0.1, 0.15) is 18.2 Å². The highest BCUT2D eigenvalue weighted by Gasteiger charge is 2.16. The lowest BCUT2D eigenvalue weighted by Crippen LogP contribution is -2.40. The van der Waals surface area contributed by atoms with Gasteiger partial charge in [0.05, 0.1) is 12.6 Å². The van der Waals surface area contributed by atoms with Gasteiger partial charge in [0, 0.05) is 0 Å². The first kappa shape index (κ1) is 18.5. The molecule has 0 aliphatic heterocycles. The molecule has 0 spiro atoms. The Morgan fingerprint density at radius 2 is 1.41 bits per heavy atom. The third kappa shape index (κ3) is 5.57. The van der Waals surface area contributed by atoms with Crippen molar-refractivity contribution in [3.63, 3.8) is 0 Å². The standard InChI is InChI=1S/C22H21FN2O2/c23-19-11-13-20(14-12-19)27-16-15-24-22(26)25-21(17-7-3-1-4-8-17)18-9-5-2-6-10-18/h1-14,21H,15-16H2,(H2,24,25,26). The van der Waals surface area contributed by atoms with Crippen molar-refractivity contribution in [2.75, 3.05) is 13.2 Å². The summed E-state index contributed by atoms with van der Waals surface area (Å²) in [6, 6.07) is 24.8. The number of ether oxygens (including phenoxy) is 1. The summed E-state index contributed by atoms with van der Waals surface area (Å²) in [5, 5.41) is 5.79. The van der Waals surface area contributed by atoms with E-state index in [1.807, 2.05) is 60.7 Å². The molecule has 3 aromatic carbocycles. The quantitative estimate of drug-likeness (QED) is 0.615. The summed E-state index contributed by atoms with van der Waals surface area (Å²) in [6.07, 6.45) is 0. The Hall–Kier alpha value is -3.34. The minimum Gasteiger partial charge on any atom is -0.492 e. The predicted octanol–water partition coefficient (Wildman–Crippen LogP) is 4.29. The van der Waals surface area contributed by atoms with Crippen LogP contribution in [0.5, 0.6) is 5.75 Å². The fraction of sp³-hybridized carbons (Fsp3) is 0.136. The maximum Gasteiger partial charge on any atom is 0.315 e. The number of carbonyl (C=O) groups is 1. The molecule has 0 aliphatic carbocycles. The fourth-order valence-corrected chi connectivity index (χ4v) is 2.70. The van der Waals surface area contributed by atoms with Gasteiger partial charge in [-0.25, -0.2) is 9.18 Å². The smallest absolute Gasteiger partial charge is 0.315 e. The molecule has 0 atom stereocenters. The van der Waals surface area contributed by atoms with Crippen molar-refractivity contribution in [2.24, 2.45) is 0 Å². The largest absolute Gasteiger partial charge is 0.492 e. The topological polar surface area (TPSA) is 50.4 Å². The van der Waals surface area contributed by atoms with Gasteiger partial charge in [-0.05, 0) is 35.4 Å². The predicted molar refractivity (Wildman–Crippen MR) is 103 cm³/mol. The van der Waals surface area contributed by atoms with Crippen LogP contribution in [-0.2, 0) is 0 Å². The minimum atomic E-state index is -0.312. The van der Waals surface area contributed by atoms with E-state index in [-0.39, 0.29) is 17.9 Å². The van der Waals surface area contributed by atoms with Crippen LogP contribution in [0.25, 0.3) is 0 Å². The minimum absolute atomic E-state index is 0.245. The van der Waals surface area contributed by atoms with Crippen LogP contribution in [0.2, 0.25) is 0 Å². The fourth-order valence-electron chi connectivity index (χ4n) is 2.70. The second kappa shape index (κ2) is 9.38. The zero-order chi connectivity index (χ0) is 18.9. The van der Waals surface area contributed by atoms with E-state index in [0.717, 1.165) is 11.1 Å². The van der Waals surface area contributed by atoms with Crippen molar-refractivity contribution in [3.05, 3.63) is 102 Å². The molecule has 0 aliphatic rings. The molecule has 0 fully saturated rings. The second-order valence-corrected chi connectivity index (χ2v) is 5.96. The molecule has 3 rings (SSSR count). The van der Waals surface area contributed by atoms with Gasteiger partial charge in [-0.2, -0.15) is 0 Å². The summed E-state index contributed by atoms with van der Waals surface area (Å²) in [7, 11) is 0. The first-order valence-corrected chi connectivity index (χ1v) is 8.75. The van der Waals surface area contributed by atoms with Crippen LogP contribution in [-0.4, -0.2) is 19.2 Å². The normalized spacial score (nSPS) is 10.4. The Morgan fingerprint density at radius 3 is 1.96 bits per heavy atom.